The first-order chi connectivity index (χ1) is 7.04. The Labute approximate surface area is 109 Å². The lowest BCUT2D eigenvalue weighted by atomic mass is 10.2. The van der Waals surface area contributed by atoms with Crippen LogP contribution in [0.25, 0.3) is 0 Å². The van der Waals surface area contributed by atoms with Gasteiger partial charge in [-0.05, 0) is 25.1 Å². The lowest BCUT2D eigenvalue weighted by Crippen LogP contribution is -2.23. The van der Waals surface area contributed by atoms with Crippen LogP contribution in [0.5, 0.6) is 5.75 Å². The smallest absolute Gasteiger partial charge is 0.344 e. The number of rotatable bonds is 3. The van der Waals surface area contributed by atoms with E-state index in [1.807, 2.05) is 0 Å². The van der Waals surface area contributed by atoms with Gasteiger partial charge in [0, 0.05) is 4.47 Å². The van der Waals surface area contributed by atoms with Crippen molar-refractivity contribution in [1.82, 2.24) is 0 Å². The van der Waals surface area contributed by atoms with Gasteiger partial charge in [-0.2, -0.15) is 13.5 Å². The molecule has 0 spiro atoms. The van der Waals surface area contributed by atoms with Crippen molar-refractivity contribution in [3.63, 3.8) is 0 Å². The highest BCUT2D eigenvalue weighted by Crippen LogP contribution is 2.23. The van der Waals surface area contributed by atoms with Gasteiger partial charge in [-0.25, -0.2) is 4.79 Å². The predicted molar refractivity (Wildman–Crippen MR) is 70.2 cm³/mol. The molecule has 0 amide bonds. The summed E-state index contributed by atoms with van der Waals surface area (Å²) < 4.78 is 6.01. The van der Waals surface area contributed by atoms with Crippen molar-refractivity contribution >= 4 is 35.4 Å². The first-order valence-corrected chi connectivity index (χ1v) is 4.99. The number of carbonyl (C=O) groups is 1. The van der Waals surface area contributed by atoms with Gasteiger partial charge in [-0.3, -0.25) is 0 Å². The van der Waals surface area contributed by atoms with E-state index in [1.54, 1.807) is 18.2 Å². The molecule has 0 aromatic heterocycles. The van der Waals surface area contributed by atoms with E-state index in [2.05, 4.69) is 21.9 Å². The fourth-order valence-electron chi connectivity index (χ4n) is 0.959. The number of halogens is 1. The Morgan fingerprint density at radius 1 is 1.62 bits per heavy atom. The summed E-state index contributed by atoms with van der Waals surface area (Å²) in [6.07, 6.45) is 4.35. The molecule has 16 heavy (non-hydrogen) atoms. The van der Waals surface area contributed by atoms with Crippen LogP contribution in [0, 0.1) is 12.3 Å². The number of terminal acetylenes is 1. The number of carboxylic acid groups (broad SMARTS) is 1. The largest absolute Gasteiger partial charge is 0.479 e. The quantitative estimate of drug-likeness (QED) is 0.872. The van der Waals surface area contributed by atoms with Gasteiger partial charge in [0.05, 0.1) is 5.56 Å². The molecule has 0 radical (unpaired) electrons. The summed E-state index contributed by atoms with van der Waals surface area (Å²) in [5.41, 5.74) is 0.525. The summed E-state index contributed by atoms with van der Waals surface area (Å²) >= 11 is 3.26. The molecule has 0 saturated heterocycles. The van der Waals surface area contributed by atoms with Crippen molar-refractivity contribution < 1.29 is 14.6 Å². The Kier molecular flexibility index (Phi) is 6.01. The lowest BCUT2D eigenvalue weighted by Gasteiger charge is -2.11. The van der Waals surface area contributed by atoms with E-state index in [4.69, 9.17) is 16.3 Å². The molecule has 0 bridgehead atoms. The summed E-state index contributed by atoms with van der Waals surface area (Å²) in [7, 11) is 0. The topological polar surface area (TPSA) is 46.5 Å². The van der Waals surface area contributed by atoms with E-state index in [0.29, 0.717) is 11.3 Å². The maximum atomic E-state index is 10.6. The summed E-state index contributed by atoms with van der Waals surface area (Å²) in [6.45, 7) is 1.45. The first-order valence-electron chi connectivity index (χ1n) is 4.20. The van der Waals surface area contributed by atoms with Gasteiger partial charge in [-0.15, -0.1) is 6.42 Å². The molecule has 1 aromatic rings. The second kappa shape index (κ2) is 6.46. The Hall–Kier alpha value is -1.12. The molecule has 0 aliphatic carbocycles. The number of benzene rings is 1. The zero-order chi connectivity index (χ0) is 11.4. The minimum absolute atomic E-state index is 0. The molecular formula is C11H11BrO3S. The Balaban J connectivity index is 0.00000225. The fraction of sp³-hybridized carbons (Fsp3) is 0.182. The molecule has 5 heteroatoms. The number of hydrogen-bond acceptors (Lipinski definition) is 2. The van der Waals surface area contributed by atoms with Crippen LogP contribution < -0.4 is 4.74 Å². The van der Waals surface area contributed by atoms with Gasteiger partial charge < -0.3 is 9.84 Å². The molecule has 0 heterocycles. The molecule has 0 unspecified atom stereocenters. The van der Waals surface area contributed by atoms with E-state index < -0.39 is 12.1 Å². The highest BCUT2D eigenvalue weighted by atomic mass is 79.9. The van der Waals surface area contributed by atoms with Crippen LogP contribution in [-0.2, 0) is 4.79 Å². The molecule has 0 saturated carbocycles. The van der Waals surface area contributed by atoms with Crippen LogP contribution in [0.1, 0.15) is 12.5 Å². The van der Waals surface area contributed by atoms with Crippen molar-refractivity contribution in [3.8, 4) is 18.1 Å². The molecule has 1 N–H and O–H groups in total. The van der Waals surface area contributed by atoms with Gasteiger partial charge in [0.1, 0.15) is 5.75 Å². The third-order valence-corrected chi connectivity index (χ3v) is 2.24. The van der Waals surface area contributed by atoms with Crippen molar-refractivity contribution in [2.24, 2.45) is 0 Å². The summed E-state index contributed by atoms with van der Waals surface area (Å²) in [5.74, 6) is 1.80. The first kappa shape index (κ1) is 14.9. The van der Waals surface area contributed by atoms with E-state index in [1.165, 1.54) is 6.92 Å². The fourth-order valence-corrected chi connectivity index (χ4v) is 1.32. The maximum Gasteiger partial charge on any atom is 0.344 e. The standard InChI is InChI=1S/C11H9BrO3.H2S/c1-3-8-6-9(12)4-5-10(8)15-7(2)11(13)14;/h1,4-7H,2H3,(H,13,14);1H2/t7-;/m0./s1. The zero-order valence-corrected chi connectivity index (χ0v) is 11.1. The minimum atomic E-state index is -1.03. The van der Waals surface area contributed by atoms with Gasteiger partial charge >= 0.3 is 5.97 Å². The predicted octanol–water partition coefficient (Wildman–Crippen LogP) is 2.40. The monoisotopic (exact) mass is 302 g/mol. The van der Waals surface area contributed by atoms with Crippen molar-refractivity contribution in [2.45, 2.75) is 13.0 Å². The number of hydrogen-bond donors (Lipinski definition) is 1. The minimum Gasteiger partial charge on any atom is -0.479 e. The molecule has 3 nitrogen and oxygen atoms in total. The van der Waals surface area contributed by atoms with Gasteiger partial charge in [0.2, 0.25) is 0 Å². The third-order valence-electron chi connectivity index (χ3n) is 1.75. The molecule has 1 rings (SSSR count). The Bertz CT molecular complexity index is 426. The van der Waals surface area contributed by atoms with E-state index >= 15 is 0 Å². The molecular weight excluding hydrogens is 292 g/mol. The highest BCUT2D eigenvalue weighted by molar-refractivity contribution is 9.10. The van der Waals surface area contributed by atoms with Crippen LogP contribution in [0.3, 0.4) is 0 Å². The molecule has 0 aliphatic heterocycles. The molecule has 0 fully saturated rings. The summed E-state index contributed by atoms with van der Waals surface area (Å²) in [6, 6.07) is 5.08. The normalized spacial score (nSPS) is 10.8. The number of aliphatic carboxylic acids is 1. The maximum absolute atomic E-state index is 10.6. The van der Waals surface area contributed by atoms with Crippen molar-refractivity contribution in [3.05, 3.63) is 28.2 Å². The highest BCUT2D eigenvalue weighted by Gasteiger charge is 2.14. The van der Waals surface area contributed by atoms with Crippen molar-refractivity contribution in [1.29, 1.82) is 0 Å². The molecule has 0 aliphatic rings. The Morgan fingerprint density at radius 2 is 2.25 bits per heavy atom. The average molecular weight is 303 g/mol. The lowest BCUT2D eigenvalue weighted by molar-refractivity contribution is -0.144. The summed E-state index contributed by atoms with van der Waals surface area (Å²) in [4.78, 5) is 10.6. The van der Waals surface area contributed by atoms with Gasteiger partial charge in [0.15, 0.2) is 6.10 Å². The molecule has 1 aromatic carbocycles. The van der Waals surface area contributed by atoms with Crippen LogP contribution in [0.2, 0.25) is 0 Å². The van der Waals surface area contributed by atoms with E-state index in [-0.39, 0.29) is 13.5 Å². The zero-order valence-electron chi connectivity index (χ0n) is 8.53. The molecule has 1 atom stereocenters. The second-order valence-corrected chi connectivity index (χ2v) is 3.80. The number of ether oxygens (including phenoxy) is 1. The van der Waals surface area contributed by atoms with Gasteiger partial charge in [-0.1, -0.05) is 21.9 Å². The Morgan fingerprint density at radius 3 is 2.75 bits per heavy atom. The van der Waals surface area contributed by atoms with Crippen LogP contribution in [-0.4, -0.2) is 17.2 Å². The van der Waals surface area contributed by atoms with E-state index in [0.717, 1.165) is 4.47 Å². The summed E-state index contributed by atoms with van der Waals surface area (Å²) in [5, 5.41) is 8.68. The number of carboxylic acids is 1. The molecule has 86 valence electrons. The second-order valence-electron chi connectivity index (χ2n) is 2.88. The van der Waals surface area contributed by atoms with Crippen LogP contribution in [0.15, 0.2) is 22.7 Å². The SMILES string of the molecule is C#Cc1cc(Br)ccc1O[C@@H](C)C(=O)O.S. The third kappa shape index (κ3) is 3.80. The van der Waals surface area contributed by atoms with Gasteiger partial charge in [0.25, 0.3) is 0 Å². The van der Waals surface area contributed by atoms with E-state index in [9.17, 15) is 4.79 Å². The average Bonchev–Trinajstić information content (AvgIpc) is 2.20. The van der Waals surface area contributed by atoms with Crippen LogP contribution in [0.4, 0.5) is 0 Å². The van der Waals surface area contributed by atoms with Crippen molar-refractivity contribution in [2.75, 3.05) is 0 Å². The van der Waals surface area contributed by atoms with Crippen LogP contribution >= 0.6 is 29.4 Å².